The zero-order valence-electron chi connectivity index (χ0n) is 7.94. The first kappa shape index (κ1) is 8.52. The van der Waals surface area contributed by atoms with Gasteiger partial charge in [-0.25, -0.2) is 0 Å². The van der Waals surface area contributed by atoms with E-state index in [0.717, 1.165) is 25.7 Å². The molecule has 70 valence electrons. The first-order chi connectivity index (χ1) is 5.87. The Hall–Kier alpha value is -0.0800. The van der Waals surface area contributed by atoms with Gasteiger partial charge in [-0.2, -0.15) is 0 Å². The second-order valence-electron chi connectivity index (χ2n) is 4.13. The van der Waals surface area contributed by atoms with E-state index in [4.69, 9.17) is 4.74 Å². The van der Waals surface area contributed by atoms with Gasteiger partial charge < -0.3 is 10.1 Å². The van der Waals surface area contributed by atoms with E-state index in [1.165, 1.54) is 25.7 Å². The summed E-state index contributed by atoms with van der Waals surface area (Å²) in [6, 6.07) is 0. The summed E-state index contributed by atoms with van der Waals surface area (Å²) in [4.78, 5) is 0. The van der Waals surface area contributed by atoms with Crippen molar-refractivity contribution in [3.05, 3.63) is 0 Å². The van der Waals surface area contributed by atoms with Crippen molar-refractivity contribution in [3.8, 4) is 0 Å². The predicted octanol–water partition coefficient (Wildman–Crippen LogP) is 1.56. The van der Waals surface area contributed by atoms with Crippen LogP contribution in [0.15, 0.2) is 0 Å². The van der Waals surface area contributed by atoms with Crippen molar-refractivity contribution in [2.24, 2.45) is 5.92 Å². The molecule has 1 aliphatic heterocycles. The van der Waals surface area contributed by atoms with Crippen molar-refractivity contribution in [1.82, 2.24) is 5.32 Å². The molecule has 2 aliphatic rings. The SMILES string of the molecule is CCC1CCCC12COCCN2. The largest absolute Gasteiger partial charge is 0.378 e. The van der Waals surface area contributed by atoms with E-state index in [9.17, 15) is 0 Å². The topological polar surface area (TPSA) is 21.3 Å². The van der Waals surface area contributed by atoms with E-state index in [2.05, 4.69) is 12.2 Å². The molecule has 2 heteroatoms. The molecule has 1 heterocycles. The molecule has 1 saturated heterocycles. The maximum absolute atomic E-state index is 5.58. The molecule has 0 aromatic carbocycles. The Bertz CT molecular complexity index is 152. The average Bonchev–Trinajstić information content (AvgIpc) is 2.49. The van der Waals surface area contributed by atoms with Gasteiger partial charge >= 0.3 is 0 Å². The Morgan fingerprint density at radius 3 is 3.17 bits per heavy atom. The predicted molar refractivity (Wildman–Crippen MR) is 49.2 cm³/mol. The molecule has 2 fully saturated rings. The second-order valence-corrected chi connectivity index (χ2v) is 4.13. The zero-order valence-corrected chi connectivity index (χ0v) is 7.94. The van der Waals surface area contributed by atoms with Gasteiger partial charge in [-0.1, -0.05) is 19.8 Å². The number of ether oxygens (including phenoxy) is 1. The fraction of sp³-hybridized carbons (Fsp3) is 1.00. The molecule has 0 aromatic heterocycles. The molecule has 2 rings (SSSR count). The van der Waals surface area contributed by atoms with Crippen molar-refractivity contribution in [2.75, 3.05) is 19.8 Å². The van der Waals surface area contributed by atoms with Crippen molar-refractivity contribution < 1.29 is 4.74 Å². The van der Waals surface area contributed by atoms with Crippen molar-refractivity contribution in [2.45, 2.75) is 38.1 Å². The molecule has 0 aromatic rings. The lowest BCUT2D eigenvalue weighted by molar-refractivity contribution is 0.00812. The molecule has 0 radical (unpaired) electrons. The minimum atomic E-state index is 0.368. The van der Waals surface area contributed by atoms with Gasteiger partial charge in [0.15, 0.2) is 0 Å². The van der Waals surface area contributed by atoms with Crippen LogP contribution in [0.5, 0.6) is 0 Å². The van der Waals surface area contributed by atoms with Crippen molar-refractivity contribution in [3.63, 3.8) is 0 Å². The quantitative estimate of drug-likeness (QED) is 0.643. The Morgan fingerprint density at radius 1 is 1.58 bits per heavy atom. The monoisotopic (exact) mass is 169 g/mol. The number of nitrogens with one attached hydrogen (secondary N) is 1. The summed E-state index contributed by atoms with van der Waals surface area (Å²) in [5.41, 5.74) is 0.368. The van der Waals surface area contributed by atoms with Gasteiger partial charge in [0, 0.05) is 12.1 Å². The Morgan fingerprint density at radius 2 is 2.50 bits per heavy atom. The fourth-order valence-electron chi connectivity index (χ4n) is 2.84. The highest BCUT2D eigenvalue weighted by Crippen LogP contribution is 2.38. The molecule has 0 amide bonds. The third-order valence-corrected chi connectivity index (χ3v) is 3.53. The van der Waals surface area contributed by atoms with E-state index < -0.39 is 0 Å². The third kappa shape index (κ3) is 1.27. The second kappa shape index (κ2) is 3.35. The molecule has 2 atom stereocenters. The molecule has 0 bridgehead atoms. The van der Waals surface area contributed by atoms with Crippen LogP contribution in [0.2, 0.25) is 0 Å². The van der Waals surface area contributed by atoms with Crippen LogP contribution >= 0.6 is 0 Å². The van der Waals surface area contributed by atoms with E-state index in [0.29, 0.717) is 5.54 Å². The Balaban J connectivity index is 2.05. The lowest BCUT2D eigenvalue weighted by Gasteiger charge is -2.39. The third-order valence-electron chi connectivity index (χ3n) is 3.53. The average molecular weight is 169 g/mol. The van der Waals surface area contributed by atoms with Crippen LogP contribution in [0.1, 0.15) is 32.6 Å². The van der Waals surface area contributed by atoms with Crippen LogP contribution in [0, 0.1) is 5.92 Å². The normalized spacial score (nSPS) is 42.2. The van der Waals surface area contributed by atoms with Crippen molar-refractivity contribution in [1.29, 1.82) is 0 Å². The minimum absolute atomic E-state index is 0.368. The summed E-state index contributed by atoms with van der Waals surface area (Å²) in [6.07, 6.45) is 5.41. The van der Waals surface area contributed by atoms with E-state index >= 15 is 0 Å². The highest BCUT2D eigenvalue weighted by molar-refractivity contribution is 5.00. The van der Waals surface area contributed by atoms with Crippen LogP contribution in [-0.4, -0.2) is 25.3 Å². The van der Waals surface area contributed by atoms with Gasteiger partial charge in [-0.15, -0.1) is 0 Å². The number of morpholine rings is 1. The summed E-state index contributed by atoms with van der Waals surface area (Å²) in [5, 5.41) is 3.67. The maximum Gasteiger partial charge on any atom is 0.0651 e. The molecule has 1 saturated carbocycles. The smallest absolute Gasteiger partial charge is 0.0651 e. The van der Waals surface area contributed by atoms with Crippen LogP contribution in [0.25, 0.3) is 0 Å². The van der Waals surface area contributed by atoms with Crippen LogP contribution in [0.4, 0.5) is 0 Å². The standard InChI is InChI=1S/C10H19NO/c1-2-9-4-3-5-10(9)8-12-7-6-11-10/h9,11H,2-8H2,1H3. The number of hydrogen-bond donors (Lipinski definition) is 1. The van der Waals surface area contributed by atoms with Gasteiger partial charge in [-0.3, -0.25) is 0 Å². The van der Waals surface area contributed by atoms with E-state index in [1.807, 2.05) is 0 Å². The summed E-state index contributed by atoms with van der Waals surface area (Å²) >= 11 is 0. The molecule has 1 aliphatic carbocycles. The molecule has 2 nitrogen and oxygen atoms in total. The fourth-order valence-corrected chi connectivity index (χ4v) is 2.84. The van der Waals surface area contributed by atoms with Gasteiger partial charge in [0.25, 0.3) is 0 Å². The highest BCUT2D eigenvalue weighted by atomic mass is 16.5. The van der Waals surface area contributed by atoms with E-state index in [-0.39, 0.29) is 0 Å². The summed E-state index contributed by atoms with van der Waals surface area (Å²) < 4.78 is 5.58. The maximum atomic E-state index is 5.58. The Kier molecular flexibility index (Phi) is 2.37. The van der Waals surface area contributed by atoms with Gasteiger partial charge in [0.1, 0.15) is 0 Å². The highest BCUT2D eigenvalue weighted by Gasteiger charge is 2.42. The van der Waals surface area contributed by atoms with Gasteiger partial charge in [0.05, 0.1) is 13.2 Å². The minimum Gasteiger partial charge on any atom is -0.378 e. The number of hydrogen-bond acceptors (Lipinski definition) is 2. The number of rotatable bonds is 1. The molecule has 12 heavy (non-hydrogen) atoms. The zero-order chi connectivity index (χ0) is 8.44. The van der Waals surface area contributed by atoms with Crippen LogP contribution < -0.4 is 5.32 Å². The lowest BCUT2D eigenvalue weighted by Crippen LogP contribution is -2.56. The van der Waals surface area contributed by atoms with Crippen LogP contribution in [-0.2, 0) is 4.74 Å². The lowest BCUT2D eigenvalue weighted by atomic mass is 9.85. The molecular weight excluding hydrogens is 150 g/mol. The molecule has 1 spiro atoms. The molecule has 1 N–H and O–H groups in total. The molecular formula is C10H19NO. The van der Waals surface area contributed by atoms with Crippen molar-refractivity contribution >= 4 is 0 Å². The Labute approximate surface area is 74.7 Å². The van der Waals surface area contributed by atoms with Gasteiger partial charge in [-0.05, 0) is 18.8 Å². The summed E-state index contributed by atoms with van der Waals surface area (Å²) in [7, 11) is 0. The first-order valence-corrected chi connectivity index (χ1v) is 5.20. The van der Waals surface area contributed by atoms with Crippen LogP contribution in [0.3, 0.4) is 0 Å². The molecule has 2 unspecified atom stereocenters. The van der Waals surface area contributed by atoms with E-state index in [1.54, 1.807) is 0 Å². The van der Waals surface area contributed by atoms with Gasteiger partial charge in [0.2, 0.25) is 0 Å². The summed E-state index contributed by atoms with van der Waals surface area (Å²) in [6.45, 7) is 5.20. The summed E-state index contributed by atoms with van der Waals surface area (Å²) in [5.74, 6) is 0.859. The first-order valence-electron chi connectivity index (χ1n) is 5.20.